The molecule has 0 unspecified atom stereocenters. The Balaban J connectivity index is 1.66. The molecule has 136 valence electrons. The summed E-state index contributed by atoms with van der Waals surface area (Å²) in [6, 6.07) is 11.3. The van der Waals surface area contributed by atoms with Gasteiger partial charge in [0.25, 0.3) is 0 Å². The number of carbonyl (C=O) groups excluding carboxylic acids is 1. The van der Waals surface area contributed by atoms with Crippen LogP contribution in [0, 0.1) is 5.82 Å². The smallest absolute Gasteiger partial charge is 0.338 e. The second-order valence-corrected chi connectivity index (χ2v) is 5.78. The van der Waals surface area contributed by atoms with Gasteiger partial charge in [-0.15, -0.1) is 0 Å². The van der Waals surface area contributed by atoms with Crippen molar-refractivity contribution in [3.05, 3.63) is 59.4 Å². The van der Waals surface area contributed by atoms with Gasteiger partial charge in [0.15, 0.2) is 11.5 Å². The third-order valence-electron chi connectivity index (χ3n) is 4.09. The zero-order chi connectivity index (χ0) is 18.5. The highest BCUT2D eigenvalue weighted by Gasteiger charge is 2.22. The molecule has 1 heterocycles. The lowest BCUT2D eigenvalue weighted by Crippen LogP contribution is -2.34. The van der Waals surface area contributed by atoms with Crippen molar-refractivity contribution in [1.29, 1.82) is 0 Å². The highest BCUT2D eigenvalue weighted by Crippen LogP contribution is 2.29. The maximum atomic E-state index is 13.2. The van der Waals surface area contributed by atoms with E-state index in [1.807, 2.05) is 18.2 Å². The van der Waals surface area contributed by atoms with E-state index in [0.717, 1.165) is 11.3 Å². The Kier molecular flexibility index (Phi) is 5.36. The molecular formula is C19H20FN3O3. The Hall–Kier alpha value is -3.09. The molecule has 1 aliphatic rings. The predicted molar refractivity (Wildman–Crippen MR) is 96.0 cm³/mol. The Morgan fingerprint density at radius 2 is 2.00 bits per heavy atom. The van der Waals surface area contributed by atoms with Gasteiger partial charge in [-0.2, -0.15) is 5.10 Å². The average molecular weight is 357 g/mol. The molecule has 0 fully saturated rings. The number of amides is 2. The van der Waals surface area contributed by atoms with E-state index in [2.05, 4.69) is 10.4 Å². The summed E-state index contributed by atoms with van der Waals surface area (Å²) in [7, 11) is 3.15. The number of hydrazone groups is 1. The Bertz CT molecular complexity index is 839. The molecule has 26 heavy (non-hydrogen) atoms. The molecule has 0 bridgehead atoms. The van der Waals surface area contributed by atoms with Crippen molar-refractivity contribution in [3.63, 3.8) is 0 Å². The number of rotatable bonds is 5. The Labute approximate surface area is 151 Å². The maximum Gasteiger partial charge on any atom is 0.338 e. The number of ether oxygens (including phenoxy) is 2. The molecule has 1 aliphatic heterocycles. The number of halogens is 1. The highest BCUT2D eigenvalue weighted by atomic mass is 19.1. The van der Waals surface area contributed by atoms with E-state index in [1.54, 1.807) is 26.4 Å². The summed E-state index contributed by atoms with van der Waals surface area (Å²) in [5.74, 6) is 0.924. The summed E-state index contributed by atoms with van der Waals surface area (Å²) in [6.45, 7) is 0.729. The number of nitrogens with zero attached hydrogens (tertiary/aromatic N) is 2. The lowest BCUT2D eigenvalue weighted by atomic mass is 10.1. The van der Waals surface area contributed by atoms with Crippen molar-refractivity contribution in [2.75, 3.05) is 20.8 Å². The van der Waals surface area contributed by atoms with Crippen LogP contribution in [-0.2, 0) is 6.54 Å². The topological polar surface area (TPSA) is 63.2 Å². The van der Waals surface area contributed by atoms with Crippen LogP contribution in [0.25, 0.3) is 0 Å². The molecule has 0 spiro atoms. The molecule has 0 aromatic heterocycles. The molecule has 7 heteroatoms. The number of methoxy groups -OCH3 is 2. The first-order valence-corrected chi connectivity index (χ1v) is 8.20. The zero-order valence-corrected chi connectivity index (χ0v) is 14.7. The highest BCUT2D eigenvalue weighted by molar-refractivity contribution is 6.03. The fraction of sp³-hybridized carbons (Fsp3) is 0.263. The van der Waals surface area contributed by atoms with Crippen LogP contribution in [0.3, 0.4) is 0 Å². The second-order valence-electron chi connectivity index (χ2n) is 5.78. The first kappa shape index (κ1) is 17.7. The van der Waals surface area contributed by atoms with Crippen LogP contribution in [-0.4, -0.2) is 37.5 Å². The van der Waals surface area contributed by atoms with E-state index >= 15 is 0 Å². The normalized spacial score (nSPS) is 13.3. The standard InChI is InChI=1S/C19H20FN3O3/c1-25-17-7-6-14(11-18(17)26-2)16-8-9-23(22-16)19(24)21-12-13-4-3-5-15(20)10-13/h3-7,10-11H,8-9,12H2,1-2H3,(H,21,24). The van der Waals surface area contributed by atoms with E-state index in [1.165, 1.54) is 17.1 Å². The van der Waals surface area contributed by atoms with Crippen molar-refractivity contribution >= 4 is 11.7 Å². The molecule has 0 atom stereocenters. The van der Waals surface area contributed by atoms with Gasteiger partial charge >= 0.3 is 6.03 Å². The lowest BCUT2D eigenvalue weighted by Gasteiger charge is -2.13. The molecule has 2 aromatic carbocycles. The van der Waals surface area contributed by atoms with Gasteiger partial charge in [-0.3, -0.25) is 0 Å². The number of nitrogens with one attached hydrogen (secondary N) is 1. The van der Waals surface area contributed by atoms with E-state index in [0.29, 0.717) is 30.0 Å². The molecule has 6 nitrogen and oxygen atoms in total. The minimum Gasteiger partial charge on any atom is -0.493 e. The largest absolute Gasteiger partial charge is 0.493 e. The van der Waals surface area contributed by atoms with Crippen molar-refractivity contribution in [2.24, 2.45) is 5.10 Å². The van der Waals surface area contributed by atoms with Gasteiger partial charge in [-0.25, -0.2) is 14.2 Å². The molecule has 0 saturated heterocycles. The van der Waals surface area contributed by atoms with E-state index in [9.17, 15) is 9.18 Å². The Morgan fingerprint density at radius 1 is 1.19 bits per heavy atom. The fourth-order valence-electron chi connectivity index (χ4n) is 2.74. The molecule has 0 aliphatic carbocycles. The second kappa shape index (κ2) is 7.86. The third-order valence-corrected chi connectivity index (χ3v) is 4.09. The van der Waals surface area contributed by atoms with E-state index in [4.69, 9.17) is 9.47 Å². The molecular weight excluding hydrogens is 337 g/mol. The van der Waals surface area contributed by atoms with Gasteiger partial charge in [-0.1, -0.05) is 12.1 Å². The molecule has 0 radical (unpaired) electrons. The number of hydrogen-bond donors (Lipinski definition) is 1. The van der Waals surface area contributed by atoms with Gasteiger partial charge in [-0.05, 0) is 35.9 Å². The SMILES string of the molecule is COc1ccc(C2=NN(C(=O)NCc3cccc(F)c3)CC2)cc1OC. The van der Waals surface area contributed by atoms with Crippen molar-refractivity contribution < 1.29 is 18.7 Å². The molecule has 1 N–H and O–H groups in total. The number of urea groups is 1. The number of carbonyl (C=O) groups is 1. The van der Waals surface area contributed by atoms with Gasteiger partial charge in [0.2, 0.25) is 0 Å². The van der Waals surface area contributed by atoms with Gasteiger partial charge in [0.05, 0.1) is 26.5 Å². The van der Waals surface area contributed by atoms with Crippen molar-refractivity contribution in [1.82, 2.24) is 10.3 Å². The lowest BCUT2D eigenvalue weighted by molar-refractivity contribution is 0.205. The van der Waals surface area contributed by atoms with Crippen LogP contribution in [0.2, 0.25) is 0 Å². The molecule has 0 saturated carbocycles. The van der Waals surface area contributed by atoms with Gasteiger partial charge in [0, 0.05) is 18.5 Å². The van der Waals surface area contributed by atoms with E-state index < -0.39 is 0 Å². The minimum atomic E-state index is -0.327. The average Bonchev–Trinajstić information content (AvgIpc) is 3.16. The van der Waals surface area contributed by atoms with Crippen LogP contribution in [0.5, 0.6) is 11.5 Å². The Morgan fingerprint density at radius 3 is 2.73 bits per heavy atom. The summed E-state index contributed by atoms with van der Waals surface area (Å²) < 4.78 is 23.7. The maximum absolute atomic E-state index is 13.2. The summed E-state index contributed by atoms with van der Waals surface area (Å²) in [5.41, 5.74) is 2.37. The van der Waals surface area contributed by atoms with Crippen LogP contribution in [0.1, 0.15) is 17.5 Å². The van der Waals surface area contributed by atoms with Crippen LogP contribution < -0.4 is 14.8 Å². The number of benzene rings is 2. The van der Waals surface area contributed by atoms with Gasteiger partial charge < -0.3 is 14.8 Å². The van der Waals surface area contributed by atoms with Crippen LogP contribution >= 0.6 is 0 Å². The summed E-state index contributed by atoms with van der Waals surface area (Å²) >= 11 is 0. The molecule has 3 rings (SSSR count). The van der Waals surface area contributed by atoms with Crippen LogP contribution in [0.15, 0.2) is 47.6 Å². The fourth-order valence-corrected chi connectivity index (χ4v) is 2.74. The monoisotopic (exact) mass is 357 g/mol. The molecule has 2 amide bonds. The van der Waals surface area contributed by atoms with Crippen LogP contribution in [0.4, 0.5) is 9.18 Å². The summed E-state index contributed by atoms with van der Waals surface area (Å²) in [5, 5.41) is 8.52. The number of hydrogen-bond acceptors (Lipinski definition) is 4. The predicted octanol–water partition coefficient (Wildman–Crippen LogP) is 3.16. The molecule has 2 aromatic rings. The van der Waals surface area contributed by atoms with Crippen molar-refractivity contribution in [2.45, 2.75) is 13.0 Å². The summed E-state index contributed by atoms with van der Waals surface area (Å²) in [4.78, 5) is 12.3. The minimum absolute atomic E-state index is 0.244. The zero-order valence-electron chi connectivity index (χ0n) is 14.7. The quantitative estimate of drug-likeness (QED) is 0.894. The first-order chi connectivity index (χ1) is 12.6. The first-order valence-electron chi connectivity index (χ1n) is 8.20. The van der Waals surface area contributed by atoms with Crippen molar-refractivity contribution in [3.8, 4) is 11.5 Å². The van der Waals surface area contributed by atoms with E-state index in [-0.39, 0.29) is 18.4 Å². The third kappa shape index (κ3) is 3.93. The van der Waals surface area contributed by atoms with Gasteiger partial charge in [0.1, 0.15) is 5.82 Å². The summed E-state index contributed by atoms with van der Waals surface area (Å²) in [6.07, 6.45) is 0.642.